The van der Waals surface area contributed by atoms with Crippen LogP contribution in [0, 0.1) is 6.92 Å². The van der Waals surface area contributed by atoms with Crippen molar-refractivity contribution in [2.45, 2.75) is 90.9 Å². The zero-order chi connectivity index (χ0) is 63.9. The largest absolute Gasteiger partial charge is 0.497 e. The topological polar surface area (TPSA) is 156 Å². The van der Waals surface area contributed by atoms with Gasteiger partial charge in [0.05, 0.1) is 64.3 Å². The number of rotatable bonds is 24. The van der Waals surface area contributed by atoms with E-state index in [0.29, 0.717) is 74.4 Å². The van der Waals surface area contributed by atoms with Gasteiger partial charge < -0.3 is 33.5 Å². The summed E-state index contributed by atoms with van der Waals surface area (Å²) in [5.74, 6) is 4.74. The molecule has 0 N–H and O–H groups in total. The molecule has 0 bridgehead atoms. The highest BCUT2D eigenvalue weighted by Crippen LogP contribution is 2.47. The number of aromatic nitrogens is 8. The highest BCUT2D eigenvalue weighted by atomic mass is 35.5. The summed E-state index contributed by atoms with van der Waals surface area (Å²) in [7, 11) is 1.62. The van der Waals surface area contributed by atoms with Crippen LogP contribution >= 0.6 is 35.0 Å². The van der Waals surface area contributed by atoms with Crippen LogP contribution < -0.4 is 39.2 Å². The number of halogens is 2. The molecule has 0 unspecified atom stereocenters. The van der Waals surface area contributed by atoms with E-state index >= 15 is 0 Å². The van der Waals surface area contributed by atoms with Gasteiger partial charge in [-0.15, -0.1) is 20.4 Å². The number of carbonyl (C=O) groups is 1. The van der Waals surface area contributed by atoms with Crippen LogP contribution in [0.5, 0.6) is 28.7 Å². The second-order valence-electron chi connectivity index (χ2n) is 21.7. The van der Waals surface area contributed by atoms with Gasteiger partial charge in [-0.05, 0) is 143 Å². The number of anilines is 2. The molecule has 2 aliphatic rings. The first-order valence-electron chi connectivity index (χ1n) is 31.2. The summed E-state index contributed by atoms with van der Waals surface area (Å²) in [4.78, 5) is 19.2. The average Bonchev–Trinajstić information content (AvgIpc) is 1.62. The Bertz CT molecular complexity index is 4470. The number of fused-ring (bicyclic) bond motifs is 4. The number of carbonyl (C=O) groups excluding carboxylic acids is 1. The van der Waals surface area contributed by atoms with E-state index in [-0.39, 0.29) is 12.2 Å². The van der Waals surface area contributed by atoms with Gasteiger partial charge in [-0.3, -0.25) is 0 Å². The number of aryl methyl sites for hydroxylation is 1. The molecule has 6 heterocycles. The average molecular weight is 1290 g/mol. The molecule has 0 atom stereocenters. The molecular formula is C73H72Cl2N10O6S. The molecule has 0 spiro atoms. The molecule has 470 valence electrons. The van der Waals surface area contributed by atoms with Gasteiger partial charge in [0.15, 0.2) is 28.7 Å². The SMILES string of the molecule is CCCCCCCCN1/C(=C/C=C/C=c2/c(C)nn3c(-c4ccccc4Oc4ccccc4)nnc23)Sc2ccc(Cl)cc21.CCCCN1/C(=C/C=C(/C=c2/c(-c3ccc(Cl)cc3)nn3c(-c4ccccc4OCC)nnc23)C(=O)OCC)Oc2cc(OC)ccc21. The number of hydrogen-bond donors (Lipinski definition) is 0. The zero-order valence-corrected chi connectivity index (χ0v) is 54.7. The first-order valence-corrected chi connectivity index (χ1v) is 32.8. The molecule has 12 rings (SSSR count). The number of allylic oxidation sites excluding steroid dienone is 5. The Labute approximate surface area is 550 Å². The first-order chi connectivity index (χ1) is 45.1. The van der Waals surface area contributed by atoms with Crippen LogP contribution in [0.4, 0.5) is 11.4 Å². The van der Waals surface area contributed by atoms with Crippen LogP contribution in [0.1, 0.15) is 84.8 Å². The highest BCUT2D eigenvalue weighted by molar-refractivity contribution is 8.03. The molecule has 0 fully saturated rings. The monoisotopic (exact) mass is 1290 g/mol. The maximum atomic E-state index is 13.5. The molecule has 4 aromatic heterocycles. The molecule has 16 nitrogen and oxygen atoms in total. The number of esters is 1. The lowest BCUT2D eigenvalue weighted by atomic mass is 10.1. The Morgan fingerprint density at radius 3 is 2.01 bits per heavy atom. The minimum Gasteiger partial charge on any atom is -0.497 e. The van der Waals surface area contributed by atoms with Crippen molar-refractivity contribution in [2.75, 3.05) is 43.2 Å². The summed E-state index contributed by atoms with van der Waals surface area (Å²) in [6.07, 6.45) is 23.2. The van der Waals surface area contributed by atoms with E-state index < -0.39 is 5.97 Å². The maximum Gasteiger partial charge on any atom is 0.338 e. The van der Waals surface area contributed by atoms with Crippen molar-refractivity contribution >= 4 is 75.8 Å². The molecule has 0 amide bonds. The third-order valence-corrected chi connectivity index (χ3v) is 17.1. The van der Waals surface area contributed by atoms with Gasteiger partial charge in [-0.25, -0.2) is 4.79 Å². The Balaban J connectivity index is 0.000000189. The van der Waals surface area contributed by atoms with Crippen LogP contribution in [0.25, 0.3) is 57.5 Å². The number of thioether (sulfide) groups is 1. The van der Waals surface area contributed by atoms with Crippen LogP contribution in [0.15, 0.2) is 191 Å². The Kier molecular flexibility index (Phi) is 21.3. The zero-order valence-electron chi connectivity index (χ0n) is 52.4. The van der Waals surface area contributed by atoms with E-state index in [0.717, 1.165) is 76.4 Å². The Morgan fingerprint density at radius 1 is 0.609 bits per heavy atom. The van der Waals surface area contributed by atoms with Gasteiger partial charge in [0.1, 0.15) is 28.7 Å². The van der Waals surface area contributed by atoms with Gasteiger partial charge in [-0.2, -0.15) is 19.2 Å². The van der Waals surface area contributed by atoms with Crippen molar-refractivity contribution in [3.63, 3.8) is 0 Å². The number of hydrogen-bond acceptors (Lipinski definition) is 15. The van der Waals surface area contributed by atoms with Gasteiger partial charge in [-0.1, -0.05) is 154 Å². The lowest BCUT2D eigenvalue weighted by Gasteiger charge is -2.20. The number of benzene rings is 6. The Hall–Kier alpha value is -9.42. The van der Waals surface area contributed by atoms with Crippen molar-refractivity contribution in [1.29, 1.82) is 0 Å². The van der Waals surface area contributed by atoms with Crippen molar-refractivity contribution in [1.82, 2.24) is 39.6 Å². The number of ether oxygens (including phenoxy) is 5. The number of methoxy groups -OCH3 is 1. The molecule has 10 aromatic rings. The second-order valence-corrected chi connectivity index (χ2v) is 23.7. The molecule has 2 aliphatic heterocycles. The third kappa shape index (κ3) is 14.7. The van der Waals surface area contributed by atoms with Gasteiger partial charge in [0.25, 0.3) is 0 Å². The van der Waals surface area contributed by atoms with Crippen LogP contribution in [-0.2, 0) is 9.53 Å². The van der Waals surface area contributed by atoms with E-state index in [1.54, 1.807) is 65.2 Å². The molecule has 0 saturated heterocycles. The molecule has 0 radical (unpaired) electrons. The van der Waals surface area contributed by atoms with Crippen LogP contribution in [0.3, 0.4) is 0 Å². The number of nitrogens with zero attached hydrogens (tertiary/aromatic N) is 10. The molecule has 19 heteroatoms. The quantitative estimate of drug-likeness (QED) is 0.0320. The minimum absolute atomic E-state index is 0.201. The first kappa shape index (κ1) is 64.1. The third-order valence-electron chi connectivity index (χ3n) is 15.4. The molecule has 0 saturated carbocycles. The van der Waals surface area contributed by atoms with Crippen molar-refractivity contribution in [2.24, 2.45) is 0 Å². The minimum atomic E-state index is -0.505. The predicted octanol–water partition coefficient (Wildman–Crippen LogP) is 16.5. The summed E-state index contributed by atoms with van der Waals surface area (Å²) in [5, 5.41) is 31.9. The lowest BCUT2D eigenvalue weighted by Crippen LogP contribution is -2.21. The predicted molar refractivity (Wildman–Crippen MR) is 369 cm³/mol. The van der Waals surface area contributed by atoms with Crippen LogP contribution in [-0.4, -0.2) is 79.0 Å². The van der Waals surface area contributed by atoms with E-state index in [9.17, 15) is 4.79 Å². The number of para-hydroxylation sites is 3. The normalized spacial score (nSPS) is 14.2. The van der Waals surface area contributed by atoms with Gasteiger partial charge in [0.2, 0.25) is 5.88 Å². The highest BCUT2D eigenvalue weighted by Gasteiger charge is 2.28. The summed E-state index contributed by atoms with van der Waals surface area (Å²) in [6, 6.07) is 44.4. The van der Waals surface area contributed by atoms with E-state index in [2.05, 4.69) is 80.5 Å². The van der Waals surface area contributed by atoms with Gasteiger partial charge >= 0.3 is 5.97 Å². The molecular weight excluding hydrogens is 1220 g/mol. The number of unbranched alkanes of at least 4 members (excludes halogenated alkanes) is 6. The van der Waals surface area contributed by atoms with E-state index in [1.165, 1.54) is 47.7 Å². The molecule has 6 aromatic carbocycles. The van der Waals surface area contributed by atoms with Crippen molar-refractivity contribution in [3.05, 3.63) is 213 Å². The summed E-state index contributed by atoms with van der Waals surface area (Å²) in [6.45, 7) is 12.5. The maximum absolute atomic E-state index is 13.5. The second kappa shape index (κ2) is 30.6. The molecule has 92 heavy (non-hydrogen) atoms. The van der Waals surface area contributed by atoms with Crippen LogP contribution in [0.2, 0.25) is 10.0 Å². The van der Waals surface area contributed by atoms with E-state index in [1.807, 2.05) is 129 Å². The molecule has 0 aliphatic carbocycles. The fraction of sp³-hybridized carbons (Fsp3) is 0.247. The summed E-state index contributed by atoms with van der Waals surface area (Å²) < 4.78 is 32.7. The fourth-order valence-corrected chi connectivity index (χ4v) is 12.2. The summed E-state index contributed by atoms with van der Waals surface area (Å²) in [5.41, 5.74) is 7.43. The van der Waals surface area contributed by atoms with Gasteiger partial charge in [0, 0.05) is 44.9 Å². The Morgan fingerprint density at radius 2 is 1.27 bits per heavy atom. The summed E-state index contributed by atoms with van der Waals surface area (Å²) >= 11 is 14.4. The standard InChI is InChI=1S/C37H36ClN5O5.C36H36ClN5OS/c1-5-8-21-42-30-19-18-27(45-4)23-32(30)48-33(42)20-15-25(37(44)47-7-3)22-29-34(24-13-16-26(38)17-14-24)41-43-35(39-40-36(29)43)28-11-9-10-12-31(28)46-6-2;1-3-4-5-6-7-15-24-41-31-25-27(37)22-23-33(31)44-34(41)21-14-12-18-29-26(2)40-42-35(29)38-39-36(42)30-19-11-13-20-32(30)43-28-16-9-8-10-17-28/h9-20,22-23H,5-8,21H2,1-4H3;8-14,16-23,25H,3-7,15,24H2,1-2H3/b25-15-,29-22-,33-20-;14-12+,29-18-,34-21-. The van der Waals surface area contributed by atoms with E-state index in [4.69, 9.17) is 57.1 Å². The fourth-order valence-electron chi connectivity index (χ4n) is 10.8. The smallest absolute Gasteiger partial charge is 0.338 e. The van der Waals surface area contributed by atoms with Crippen molar-refractivity contribution in [3.8, 4) is 62.8 Å². The lowest BCUT2D eigenvalue weighted by molar-refractivity contribution is -0.137. The van der Waals surface area contributed by atoms with Crippen molar-refractivity contribution < 1.29 is 28.5 Å².